The van der Waals surface area contributed by atoms with Crippen LogP contribution in [0.4, 0.5) is 10.2 Å². The first-order chi connectivity index (χ1) is 16.6. The van der Waals surface area contributed by atoms with Gasteiger partial charge in [-0.15, -0.1) is 0 Å². The van der Waals surface area contributed by atoms with Crippen LogP contribution in [0.1, 0.15) is 45.7 Å². The molecule has 0 spiro atoms. The maximum absolute atomic E-state index is 14.6. The summed E-state index contributed by atoms with van der Waals surface area (Å²) in [5, 5.41) is 11.9. The van der Waals surface area contributed by atoms with Crippen LogP contribution < -0.4 is 14.8 Å². The summed E-state index contributed by atoms with van der Waals surface area (Å²) in [7, 11) is 3.09. The van der Waals surface area contributed by atoms with E-state index in [0.717, 1.165) is 11.6 Å². The Hall–Kier alpha value is -3.98. The third-order valence-electron chi connectivity index (χ3n) is 5.47. The Morgan fingerprint density at radius 3 is 2.60 bits per heavy atom. The van der Waals surface area contributed by atoms with E-state index in [1.165, 1.54) is 23.2 Å². The molecule has 0 atom stereocenters. The molecule has 1 aliphatic heterocycles. The number of nitrogens with zero attached hydrogens (tertiary/aromatic N) is 2. The van der Waals surface area contributed by atoms with Crippen molar-refractivity contribution in [3.05, 3.63) is 76.7 Å². The second-order valence-corrected chi connectivity index (χ2v) is 9.10. The van der Waals surface area contributed by atoms with Gasteiger partial charge in [0.25, 0.3) is 11.8 Å². The molecule has 0 aliphatic carbocycles. The van der Waals surface area contributed by atoms with Crippen LogP contribution in [0.25, 0.3) is 0 Å². The first kappa shape index (κ1) is 24.2. The lowest BCUT2D eigenvalue weighted by Gasteiger charge is -2.16. The van der Waals surface area contributed by atoms with Crippen LogP contribution in [0.5, 0.6) is 17.2 Å². The minimum absolute atomic E-state index is 0.0649. The molecule has 3 aromatic rings. The van der Waals surface area contributed by atoms with Crippen LogP contribution in [-0.2, 0) is 13.0 Å². The number of hydrogen-bond donors (Lipinski definition) is 2. The van der Waals surface area contributed by atoms with Gasteiger partial charge in [-0.25, -0.2) is 9.37 Å². The van der Waals surface area contributed by atoms with E-state index in [4.69, 9.17) is 14.6 Å². The summed E-state index contributed by atoms with van der Waals surface area (Å²) in [4.78, 5) is 30.5. The molecule has 182 valence electrons. The SMILES string of the molecule is CN(C)C(=O)c1ccc(Oc2cc(C(=O)Nc3ccc(CO)cn3)cc3c2CC(C)(C)O3)cc1F. The normalized spacial score (nSPS) is 13.5. The number of halogens is 1. The van der Waals surface area contributed by atoms with Crippen molar-refractivity contribution >= 4 is 17.6 Å². The number of pyridine rings is 1. The van der Waals surface area contributed by atoms with Crippen molar-refractivity contribution in [3.8, 4) is 17.2 Å². The van der Waals surface area contributed by atoms with Crippen LogP contribution in [0.2, 0.25) is 0 Å². The van der Waals surface area contributed by atoms with Gasteiger partial charge in [-0.1, -0.05) is 6.07 Å². The van der Waals surface area contributed by atoms with Crippen molar-refractivity contribution in [1.29, 1.82) is 0 Å². The molecule has 1 aliphatic rings. The van der Waals surface area contributed by atoms with Gasteiger partial charge in [0.05, 0.1) is 12.2 Å². The maximum Gasteiger partial charge on any atom is 0.257 e. The number of carbonyl (C=O) groups excluding carboxylic acids is 2. The van der Waals surface area contributed by atoms with Crippen molar-refractivity contribution in [2.24, 2.45) is 0 Å². The highest BCUT2D eigenvalue weighted by molar-refractivity contribution is 6.04. The van der Waals surface area contributed by atoms with Gasteiger partial charge in [0, 0.05) is 43.9 Å². The minimum Gasteiger partial charge on any atom is -0.487 e. The fourth-order valence-corrected chi connectivity index (χ4v) is 3.75. The number of aliphatic hydroxyl groups is 1. The summed E-state index contributed by atoms with van der Waals surface area (Å²) in [6.07, 6.45) is 2.00. The molecule has 4 rings (SSSR count). The van der Waals surface area contributed by atoms with E-state index in [2.05, 4.69) is 10.3 Å². The first-order valence-corrected chi connectivity index (χ1v) is 11.0. The molecule has 2 N–H and O–H groups in total. The Morgan fingerprint density at radius 2 is 1.97 bits per heavy atom. The molecular weight excluding hydrogens is 453 g/mol. The molecule has 0 saturated carbocycles. The second-order valence-electron chi connectivity index (χ2n) is 9.10. The van der Waals surface area contributed by atoms with Gasteiger partial charge in [-0.05, 0) is 49.7 Å². The molecule has 0 saturated heterocycles. The number of nitrogens with one attached hydrogen (secondary N) is 1. The van der Waals surface area contributed by atoms with Crippen molar-refractivity contribution in [2.45, 2.75) is 32.5 Å². The van der Waals surface area contributed by atoms with Crippen LogP contribution in [0.15, 0.2) is 48.7 Å². The average molecular weight is 480 g/mol. The molecule has 0 radical (unpaired) electrons. The zero-order chi connectivity index (χ0) is 25.3. The third-order valence-corrected chi connectivity index (χ3v) is 5.47. The Labute approximate surface area is 202 Å². The summed E-state index contributed by atoms with van der Waals surface area (Å²) in [6.45, 7) is 3.69. The zero-order valence-electron chi connectivity index (χ0n) is 19.9. The molecule has 1 aromatic heterocycles. The number of rotatable bonds is 6. The number of aliphatic hydroxyl groups excluding tert-OH is 1. The standard InChI is InChI=1S/C26H26FN3O5/c1-26(2)12-19-21(34-17-6-7-18(20(27)11-17)25(33)30(3)4)9-16(10-22(19)35-26)24(32)29-23-8-5-15(14-31)13-28-23/h5-11,13,31H,12,14H2,1-4H3,(H,28,29,32). The Kier molecular flexibility index (Phi) is 6.45. The number of carbonyl (C=O) groups is 2. The van der Waals surface area contributed by atoms with E-state index in [0.29, 0.717) is 29.3 Å². The number of benzene rings is 2. The highest BCUT2D eigenvalue weighted by atomic mass is 19.1. The van der Waals surface area contributed by atoms with Crippen molar-refractivity contribution in [1.82, 2.24) is 9.88 Å². The van der Waals surface area contributed by atoms with Crippen molar-refractivity contribution in [2.75, 3.05) is 19.4 Å². The molecule has 2 amide bonds. The van der Waals surface area contributed by atoms with Crippen LogP contribution >= 0.6 is 0 Å². The first-order valence-electron chi connectivity index (χ1n) is 11.0. The average Bonchev–Trinajstić information content (AvgIpc) is 3.13. The largest absolute Gasteiger partial charge is 0.487 e. The highest BCUT2D eigenvalue weighted by Gasteiger charge is 2.34. The molecular formula is C26H26FN3O5. The zero-order valence-corrected chi connectivity index (χ0v) is 19.9. The van der Waals surface area contributed by atoms with Gasteiger partial charge in [0.15, 0.2) is 0 Å². The monoisotopic (exact) mass is 479 g/mol. The lowest BCUT2D eigenvalue weighted by molar-refractivity contribution is 0.0822. The molecule has 0 bridgehead atoms. The van der Waals surface area contributed by atoms with Crippen LogP contribution in [0.3, 0.4) is 0 Å². The maximum atomic E-state index is 14.6. The number of aromatic nitrogens is 1. The third kappa shape index (κ3) is 5.25. The predicted octanol–water partition coefficient (Wildman–Crippen LogP) is 4.17. The summed E-state index contributed by atoms with van der Waals surface area (Å²) >= 11 is 0. The van der Waals surface area contributed by atoms with Crippen molar-refractivity contribution < 1.29 is 28.6 Å². The molecule has 9 heteroatoms. The summed E-state index contributed by atoms with van der Waals surface area (Å²) < 4.78 is 26.6. The fourth-order valence-electron chi connectivity index (χ4n) is 3.75. The molecule has 0 unspecified atom stereocenters. The van der Waals surface area contributed by atoms with Gasteiger partial charge in [0.1, 0.15) is 34.5 Å². The molecule has 2 aromatic carbocycles. The lowest BCUT2D eigenvalue weighted by atomic mass is 9.99. The van der Waals surface area contributed by atoms with Gasteiger partial charge in [-0.2, -0.15) is 0 Å². The number of hydrogen-bond acceptors (Lipinski definition) is 6. The van der Waals surface area contributed by atoms with Gasteiger partial charge in [-0.3, -0.25) is 9.59 Å². The van der Waals surface area contributed by atoms with Gasteiger partial charge < -0.3 is 24.8 Å². The van der Waals surface area contributed by atoms with E-state index in [1.807, 2.05) is 13.8 Å². The summed E-state index contributed by atoms with van der Waals surface area (Å²) in [6, 6.07) is 10.5. The Balaban J connectivity index is 1.64. The molecule has 2 heterocycles. The number of ether oxygens (including phenoxy) is 2. The minimum atomic E-state index is -0.708. The second kappa shape index (κ2) is 9.34. The van der Waals surface area contributed by atoms with Crippen LogP contribution in [0, 0.1) is 5.82 Å². The van der Waals surface area contributed by atoms with Gasteiger partial charge >= 0.3 is 0 Å². The van der Waals surface area contributed by atoms with Crippen LogP contribution in [-0.4, -0.2) is 46.5 Å². The van der Waals surface area contributed by atoms with E-state index in [9.17, 15) is 14.0 Å². The molecule has 8 nitrogen and oxygen atoms in total. The summed E-state index contributed by atoms with van der Waals surface area (Å²) in [5.41, 5.74) is 1.07. The Bertz CT molecular complexity index is 1290. The smallest absolute Gasteiger partial charge is 0.257 e. The topological polar surface area (TPSA) is 101 Å². The van der Waals surface area contributed by atoms with E-state index >= 15 is 0 Å². The van der Waals surface area contributed by atoms with E-state index in [1.54, 1.807) is 38.4 Å². The molecule has 35 heavy (non-hydrogen) atoms. The van der Waals surface area contributed by atoms with Gasteiger partial charge in [0.2, 0.25) is 0 Å². The number of anilines is 1. The fraction of sp³-hybridized carbons (Fsp3) is 0.269. The lowest BCUT2D eigenvalue weighted by Crippen LogP contribution is -2.24. The predicted molar refractivity (Wildman–Crippen MR) is 127 cm³/mol. The van der Waals surface area contributed by atoms with Crippen molar-refractivity contribution in [3.63, 3.8) is 0 Å². The summed E-state index contributed by atoms with van der Waals surface area (Å²) in [5.74, 6) is -0.240. The van der Waals surface area contributed by atoms with E-state index in [-0.39, 0.29) is 23.5 Å². The Morgan fingerprint density at radius 1 is 1.20 bits per heavy atom. The number of fused-ring (bicyclic) bond motifs is 1. The number of amides is 2. The quantitative estimate of drug-likeness (QED) is 0.550. The molecule has 0 fully saturated rings. The highest BCUT2D eigenvalue weighted by Crippen LogP contribution is 2.43. The van der Waals surface area contributed by atoms with E-state index < -0.39 is 23.2 Å².